The standard InChI is InChI=1S/C22H24F2N6O2/c1-13-18(20(23)24)19-17(28-21(13)31)9-14(10-27-19)12-29-5-7-30(8-6-29)15-3-4-16(26-11-15)22(32)25-2/h3-4,9-11,20H,5-8,12H2,1-2H3,(H,25,32)(H,28,31). The predicted molar refractivity (Wildman–Crippen MR) is 117 cm³/mol. The molecule has 0 saturated carbocycles. The zero-order valence-electron chi connectivity index (χ0n) is 17.9. The number of anilines is 1. The molecule has 4 heterocycles. The number of nitrogens with one attached hydrogen (secondary N) is 2. The van der Waals surface area contributed by atoms with Crippen LogP contribution in [0.3, 0.4) is 0 Å². The summed E-state index contributed by atoms with van der Waals surface area (Å²) in [5, 5.41) is 2.55. The number of carbonyl (C=O) groups excluding carboxylic acids is 1. The summed E-state index contributed by atoms with van der Waals surface area (Å²) in [5.74, 6) is -0.220. The van der Waals surface area contributed by atoms with E-state index in [1.807, 2.05) is 6.07 Å². The summed E-state index contributed by atoms with van der Waals surface area (Å²) in [4.78, 5) is 39.2. The number of aromatic nitrogens is 3. The van der Waals surface area contributed by atoms with Crippen molar-refractivity contribution in [1.82, 2.24) is 25.2 Å². The van der Waals surface area contributed by atoms with Gasteiger partial charge in [0.2, 0.25) is 0 Å². The largest absolute Gasteiger partial charge is 0.368 e. The number of piperazine rings is 1. The third-order valence-corrected chi connectivity index (χ3v) is 5.76. The number of alkyl halides is 2. The SMILES string of the molecule is CNC(=O)c1ccc(N2CCN(Cc3cnc4c(C(F)F)c(C)c(=O)[nH]c4c3)CC2)cn1. The highest BCUT2D eigenvalue weighted by Gasteiger charge is 2.21. The van der Waals surface area contributed by atoms with E-state index in [1.165, 1.54) is 6.92 Å². The molecule has 0 bridgehead atoms. The summed E-state index contributed by atoms with van der Waals surface area (Å²) in [6.45, 7) is 5.14. The molecule has 0 spiro atoms. The van der Waals surface area contributed by atoms with Crippen LogP contribution in [0.25, 0.3) is 11.0 Å². The van der Waals surface area contributed by atoms with Crippen LogP contribution < -0.4 is 15.8 Å². The monoisotopic (exact) mass is 442 g/mol. The Morgan fingerprint density at radius 1 is 1.19 bits per heavy atom. The van der Waals surface area contributed by atoms with E-state index in [-0.39, 0.29) is 22.6 Å². The quantitative estimate of drug-likeness (QED) is 0.630. The fourth-order valence-electron chi connectivity index (χ4n) is 3.95. The molecule has 1 amide bonds. The zero-order valence-corrected chi connectivity index (χ0v) is 17.9. The average Bonchev–Trinajstić information content (AvgIpc) is 2.80. The van der Waals surface area contributed by atoms with Gasteiger partial charge in [0, 0.05) is 51.5 Å². The Hall–Kier alpha value is -3.40. The van der Waals surface area contributed by atoms with Crippen LogP contribution in [0.4, 0.5) is 14.5 Å². The molecule has 2 N–H and O–H groups in total. The van der Waals surface area contributed by atoms with Crippen LogP contribution in [0.2, 0.25) is 0 Å². The topological polar surface area (TPSA) is 94.2 Å². The maximum absolute atomic E-state index is 13.4. The summed E-state index contributed by atoms with van der Waals surface area (Å²) in [7, 11) is 1.57. The second-order valence-electron chi connectivity index (χ2n) is 7.78. The molecule has 1 fully saturated rings. The lowest BCUT2D eigenvalue weighted by molar-refractivity contribution is 0.0958. The molecule has 1 saturated heterocycles. The lowest BCUT2D eigenvalue weighted by Gasteiger charge is -2.36. The molecule has 8 nitrogen and oxygen atoms in total. The molecular formula is C22H24F2N6O2. The van der Waals surface area contributed by atoms with Gasteiger partial charge in [-0.1, -0.05) is 0 Å². The molecule has 1 aliphatic rings. The Bertz CT molecular complexity index is 1190. The van der Waals surface area contributed by atoms with Crippen molar-refractivity contribution < 1.29 is 13.6 Å². The van der Waals surface area contributed by atoms with Crippen LogP contribution in [0.15, 0.2) is 35.4 Å². The fraction of sp³-hybridized carbons (Fsp3) is 0.364. The van der Waals surface area contributed by atoms with Crippen LogP contribution in [0.1, 0.15) is 33.6 Å². The number of pyridine rings is 3. The number of H-pyrrole nitrogens is 1. The minimum absolute atomic E-state index is 0.00159. The van der Waals surface area contributed by atoms with E-state index in [1.54, 1.807) is 31.6 Å². The van der Waals surface area contributed by atoms with Gasteiger partial charge in [-0.15, -0.1) is 0 Å². The average molecular weight is 442 g/mol. The van der Waals surface area contributed by atoms with Crippen molar-refractivity contribution in [2.45, 2.75) is 19.9 Å². The first kappa shape index (κ1) is 21.8. The first-order valence-corrected chi connectivity index (χ1v) is 10.3. The molecule has 168 valence electrons. The van der Waals surface area contributed by atoms with Gasteiger partial charge in [-0.25, -0.2) is 13.8 Å². The molecule has 0 unspecified atom stereocenters. The van der Waals surface area contributed by atoms with Gasteiger partial charge in [-0.3, -0.25) is 19.5 Å². The van der Waals surface area contributed by atoms with Gasteiger partial charge >= 0.3 is 0 Å². The van der Waals surface area contributed by atoms with Gasteiger partial charge in [-0.2, -0.15) is 0 Å². The van der Waals surface area contributed by atoms with Gasteiger partial charge in [-0.05, 0) is 30.7 Å². The molecule has 1 aliphatic heterocycles. The second-order valence-corrected chi connectivity index (χ2v) is 7.78. The zero-order chi connectivity index (χ0) is 22.8. The van der Waals surface area contributed by atoms with Gasteiger partial charge < -0.3 is 15.2 Å². The molecule has 4 rings (SSSR count). The molecule has 3 aromatic rings. The Labute approximate surface area is 183 Å². The van der Waals surface area contributed by atoms with E-state index >= 15 is 0 Å². The Kier molecular flexibility index (Phi) is 6.13. The molecule has 0 radical (unpaired) electrons. The van der Waals surface area contributed by atoms with E-state index in [9.17, 15) is 18.4 Å². The van der Waals surface area contributed by atoms with Gasteiger partial charge in [0.25, 0.3) is 17.9 Å². The lowest BCUT2D eigenvalue weighted by Crippen LogP contribution is -2.46. The number of amides is 1. The number of carbonyl (C=O) groups is 1. The van der Waals surface area contributed by atoms with Crippen molar-refractivity contribution >= 4 is 22.6 Å². The molecule has 0 atom stereocenters. The number of hydrogen-bond donors (Lipinski definition) is 2. The summed E-state index contributed by atoms with van der Waals surface area (Å²) in [5.41, 5.74) is 1.83. The van der Waals surface area contributed by atoms with Crippen molar-refractivity contribution in [2.24, 2.45) is 0 Å². The van der Waals surface area contributed by atoms with Gasteiger partial charge in [0.1, 0.15) is 5.69 Å². The summed E-state index contributed by atoms with van der Waals surface area (Å²) in [6.07, 6.45) is 0.540. The molecule has 32 heavy (non-hydrogen) atoms. The Morgan fingerprint density at radius 2 is 1.94 bits per heavy atom. The lowest BCUT2D eigenvalue weighted by atomic mass is 10.1. The van der Waals surface area contributed by atoms with E-state index in [0.29, 0.717) is 17.8 Å². The number of halogens is 2. The molecule has 0 aliphatic carbocycles. The molecule has 10 heteroatoms. The first-order chi connectivity index (χ1) is 15.4. The number of rotatable bonds is 5. The molecule has 0 aromatic carbocycles. The van der Waals surface area contributed by atoms with Crippen LogP contribution in [-0.4, -0.2) is 59.0 Å². The Balaban J connectivity index is 1.43. The fourth-order valence-corrected chi connectivity index (χ4v) is 3.95. The third kappa shape index (κ3) is 4.31. The van der Waals surface area contributed by atoms with Gasteiger partial charge in [0.05, 0.1) is 28.5 Å². The highest BCUT2D eigenvalue weighted by Crippen LogP contribution is 2.27. The smallest absolute Gasteiger partial charge is 0.269 e. The van der Waals surface area contributed by atoms with Crippen LogP contribution in [0.5, 0.6) is 0 Å². The first-order valence-electron chi connectivity index (χ1n) is 10.3. The van der Waals surface area contributed by atoms with Crippen molar-refractivity contribution in [1.29, 1.82) is 0 Å². The minimum atomic E-state index is -2.76. The maximum Gasteiger partial charge on any atom is 0.269 e. The number of hydrogen-bond acceptors (Lipinski definition) is 6. The highest BCUT2D eigenvalue weighted by atomic mass is 19.3. The number of aromatic amines is 1. The normalized spacial score (nSPS) is 14.8. The summed E-state index contributed by atoms with van der Waals surface area (Å²) < 4.78 is 26.9. The van der Waals surface area contributed by atoms with Crippen molar-refractivity contribution in [3.8, 4) is 0 Å². The summed E-state index contributed by atoms with van der Waals surface area (Å²) >= 11 is 0. The van der Waals surface area contributed by atoms with E-state index in [2.05, 4.69) is 30.1 Å². The van der Waals surface area contributed by atoms with Crippen LogP contribution in [0, 0.1) is 6.92 Å². The van der Waals surface area contributed by atoms with E-state index in [4.69, 9.17) is 0 Å². The predicted octanol–water partition coefficient (Wildman–Crippen LogP) is 2.25. The van der Waals surface area contributed by atoms with E-state index < -0.39 is 12.0 Å². The van der Waals surface area contributed by atoms with Gasteiger partial charge in [0.15, 0.2) is 0 Å². The van der Waals surface area contributed by atoms with Crippen molar-refractivity contribution in [3.63, 3.8) is 0 Å². The molecular weight excluding hydrogens is 418 g/mol. The number of nitrogens with zero attached hydrogens (tertiary/aromatic N) is 4. The van der Waals surface area contributed by atoms with Crippen molar-refractivity contribution in [3.05, 3.63) is 63.3 Å². The van der Waals surface area contributed by atoms with Crippen LogP contribution in [-0.2, 0) is 6.54 Å². The van der Waals surface area contributed by atoms with Crippen LogP contribution >= 0.6 is 0 Å². The Morgan fingerprint density at radius 3 is 2.56 bits per heavy atom. The van der Waals surface area contributed by atoms with E-state index in [0.717, 1.165) is 37.4 Å². The second kappa shape index (κ2) is 8.99. The third-order valence-electron chi connectivity index (χ3n) is 5.76. The van der Waals surface area contributed by atoms with Crippen molar-refractivity contribution in [2.75, 3.05) is 38.1 Å². The maximum atomic E-state index is 13.4. The molecule has 3 aromatic heterocycles. The summed E-state index contributed by atoms with van der Waals surface area (Å²) in [6, 6.07) is 5.32. The number of fused-ring (bicyclic) bond motifs is 1. The minimum Gasteiger partial charge on any atom is -0.368 e. The highest BCUT2D eigenvalue weighted by molar-refractivity contribution is 5.92.